The number of aromatic nitrogens is 2. The van der Waals surface area contributed by atoms with Crippen molar-refractivity contribution in [2.75, 3.05) is 5.75 Å². The van der Waals surface area contributed by atoms with Gasteiger partial charge in [-0.3, -0.25) is 14.2 Å². The van der Waals surface area contributed by atoms with Gasteiger partial charge in [0.15, 0.2) is 5.16 Å². The number of nitrogens with one attached hydrogen (secondary N) is 1. The van der Waals surface area contributed by atoms with E-state index in [0.717, 1.165) is 11.8 Å². The van der Waals surface area contributed by atoms with Crippen LogP contribution < -0.4 is 10.9 Å². The van der Waals surface area contributed by atoms with E-state index in [1.807, 2.05) is 0 Å². The zero-order valence-electron chi connectivity index (χ0n) is 14.4. The van der Waals surface area contributed by atoms with Gasteiger partial charge in [0.1, 0.15) is 16.3 Å². The summed E-state index contributed by atoms with van der Waals surface area (Å²) in [6, 6.07) is 11.2. The minimum absolute atomic E-state index is 0.0250. The molecule has 1 aromatic carbocycles. The Kier molecular flexibility index (Phi) is 5.27. The minimum atomic E-state index is -0.536. The summed E-state index contributed by atoms with van der Waals surface area (Å²) in [5, 5.41) is 4.75. The van der Waals surface area contributed by atoms with Gasteiger partial charge >= 0.3 is 0 Å². The van der Waals surface area contributed by atoms with Gasteiger partial charge in [-0.25, -0.2) is 9.37 Å². The van der Waals surface area contributed by atoms with Crippen LogP contribution in [0.1, 0.15) is 5.76 Å². The molecular weight excluding hydrogens is 401 g/mol. The Labute approximate surface area is 167 Å². The van der Waals surface area contributed by atoms with Crippen molar-refractivity contribution in [3.8, 4) is 5.69 Å². The highest BCUT2D eigenvalue weighted by atomic mass is 32.2. The second-order valence-electron chi connectivity index (χ2n) is 5.77. The van der Waals surface area contributed by atoms with Crippen LogP contribution in [0.15, 0.2) is 68.5 Å². The van der Waals surface area contributed by atoms with Crippen LogP contribution in [0.25, 0.3) is 15.9 Å². The normalized spacial score (nSPS) is 11.0. The van der Waals surface area contributed by atoms with Crippen molar-refractivity contribution in [3.63, 3.8) is 0 Å². The molecule has 0 aliphatic carbocycles. The number of halogens is 1. The van der Waals surface area contributed by atoms with Gasteiger partial charge in [0.25, 0.3) is 5.56 Å². The van der Waals surface area contributed by atoms with Gasteiger partial charge < -0.3 is 9.73 Å². The van der Waals surface area contributed by atoms with Crippen LogP contribution in [0.5, 0.6) is 0 Å². The Hall–Kier alpha value is -2.91. The molecule has 1 amide bonds. The molecule has 1 N–H and O–H groups in total. The van der Waals surface area contributed by atoms with Crippen molar-refractivity contribution in [1.82, 2.24) is 14.9 Å². The average molecular weight is 415 g/mol. The molecule has 0 spiro atoms. The molecule has 0 aliphatic rings. The third-order valence-electron chi connectivity index (χ3n) is 3.91. The Morgan fingerprint density at radius 2 is 2.11 bits per heavy atom. The number of rotatable bonds is 6. The van der Waals surface area contributed by atoms with Crippen LogP contribution in [0.2, 0.25) is 0 Å². The summed E-state index contributed by atoms with van der Waals surface area (Å²) in [6.07, 6.45) is 1.53. The molecule has 4 rings (SSSR count). The lowest BCUT2D eigenvalue weighted by Gasteiger charge is -2.12. The van der Waals surface area contributed by atoms with E-state index in [4.69, 9.17) is 4.42 Å². The molecule has 4 aromatic rings. The van der Waals surface area contributed by atoms with Crippen molar-refractivity contribution in [3.05, 3.63) is 76.0 Å². The Bertz CT molecular complexity index is 1180. The molecule has 0 atom stereocenters. The first-order valence-corrected chi connectivity index (χ1v) is 10.2. The number of thiophene rings is 1. The quantitative estimate of drug-likeness (QED) is 0.385. The van der Waals surface area contributed by atoms with E-state index in [1.54, 1.807) is 35.7 Å². The van der Waals surface area contributed by atoms with E-state index in [1.165, 1.54) is 34.3 Å². The Morgan fingerprint density at radius 3 is 2.89 bits per heavy atom. The number of nitrogens with zero attached hydrogens (tertiary/aromatic N) is 2. The number of carbonyl (C=O) groups excluding carboxylic acids is 1. The number of carbonyl (C=O) groups is 1. The zero-order chi connectivity index (χ0) is 19.5. The summed E-state index contributed by atoms with van der Waals surface area (Å²) >= 11 is 2.33. The molecule has 0 saturated heterocycles. The van der Waals surface area contributed by atoms with E-state index >= 15 is 0 Å². The second-order valence-corrected chi connectivity index (χ2v) is 7.62. The number of para-hydroxylation sites is 1. The van der Waals surface area contributed by atoms with Crippen molar-refractivity contribution in [2.45, 2.75) is 11.7 Å². The van der Waals surface area contributed by atoms with Crippen molar-refractivity contribution in [2.24, 2.45) is 0 Å². The molecule has 0 aliphatic heterocycles. The van der Waals surface area contributed by atoms with Crippen molar-refractivity contribution >= 4 is 39.2 Å². The topological polar surface area (TPSA) is 77.1 Å². The van der Waals surface area contributed by atoms with Crippen LogP contribution in [-0.2, 0) is 11.3 Å². The average Bonchev–Trinajstić information content (AvgIpc) is 3.37. The van der Waals surface area contributed by atoms with Gasteiger partial charge in [-0.05, 0) is 35.7 Å². The number of benzene rings is 1. The number of furan rings is 1. The first-order valence-electron chi connectivity index (χ1n) is 8.30. The smallest absolute Gasteiger partial charge is 0.276 e. The van der Waals surface area contributed by atoms with Gasteiger partial charge in [0.05, 0.1) is 29.8 Å². The summed E-state index contributed by atoms with van der Waals surface area (Å²) in [6.45, 7) is 0.267. The Morgan fingerprint density at radius 1 is 1.25 bits per heavy atom. The number of amides is 1. The number of hydrogen-bond acceptors (Lipinski definition) is 6. The van der Waals surface area contributed by atoms with E-state index < -0.39 is 5.82 Å². The van der Waals surface area contributed by atoms with Gasteiger partial charge in [-0.1, -0.05) is 23.9 Å². The maximum Gasteiger partial charge on any atom is 0.276 e. The maximum absolute atomic E-state index is 14.4. The maximum atomic E-state index is 14.4. The van der Waals surface area contributed by atoms with Gasteiger partial charge in [-0.15, -0.1) is 11.3 Å². The second kappa shape index (κ2) is 7.99. The molecule has 3 aromatic heterocycles. The van der Waals surface area contributed by atoms with Crippen LogP contribution in [0, 0.1) is 5.82 Å². The predicted molar refractivity (Wildman–Crippen MR) is 106 cm³/mol. The minimum Gasteiger partial charge on any atom is -0.467 e. The standard InChI is InChI=1S/C19H14FN3O3S2/c20-13-5-1-2-6-15(13)23-18(25)17-14(7-9-27-17)22-19(23)28-11-16(24)21-10-12-4-3-8-26-12/h1-9H,10-11H2,(H,21,24). The molecule has 0 unspecified atom stereocenters. The summed E-state index contributed by atoms with van der Waals surface area (Å²) in [4.78, 5) is 29.6. The van der Waals surface area contributed by atoms with Gasteiger partial charge in [0.2, 0.25) is 5.91 Å². The van der Waals surface area contributed by atoms with Gasteiger partial charge in [-0.2, -0.15) is 0 Å². The van der Waals surface area contributed by atoms with Gasteiger partial charge in [0, 0.05) is 0 Å². The fraction of sp³-hybridized carbons (Fsp3) is 0.105. The van der Waals surface area contributed by atoms with E-state index in [-0.39, 0.29) is 34.6 Å². The number of thioether (sulfide) groups is 1. The molecule has 9 heteroatoms. The van der Waals surface area contributed by atoms with Crippen LogP contribution in [0.4, 0.5) is 4.39 Å². The van der Waals surface area contributed by atoms with Crippen LogP contribution >= 0.6 is 23.1 Å². The zero-order valence-corrected chi connectivity index (χ0v) is 16.1. The highest BCUT2D eigenvalue weighted by Crippen LogP contribution is 2.24. The number of fused-ring (bicyclic) bond motifs is 1. The SMILES string of the molecule is O=C(CSc1nc2ccsc2c(=O)n1-c1ccccc1F)NCc1ccco1. The molecule has 0 saturated carbocycles. The third-order valence-corrected chi connectivity index (χ3v) is 5.74. The fourth-order valence-electron chi connectivity index (χ4n) is 2.61. The summed E-state index contributed by atoms with van der Waals surface area (Å²) in [5.41, 5.74) is 0.276. The molecule has 6 nitrogen and oxygen atoms in total. The highest BCUT2D eigenvalue weighted by Gasteiger charge is 2.17. The number of hydrogen-bond donors (Lipinski definition) is 1. The van der Waals surface area contributed by atoms with E-state index in [2.05, 4.69) is 10.3 Å². The first kappa shape index (κ1) is 18.5. The van der Waals surface area contributed by atoms with Crippen LogP contribution in [-0.4, -0.2) is 21.2 Å². The Balaban J connectivity index is 1.62. The molecule has 28 heavy (non-hydrogen) atoms. The largest absolute Gasteiger partial charge is 0.467 e. The summed E-state index contributed by atoms with van der Waals surface area (Å²) in [7, 11) is 0. The third kappa shape index (κ3) is 3.71. The van der Waals surface area contributed by atoms with E-state index in [0.29, 0.717) is 16.0 Å². The van der Waals surface area contributed by atoms with Crippen molar-refractivity contribution in [1.29, 1.82) is 0 Å². The molecule has 0 fully saturated rings. The lowest BCUT2D eigenvalue weighted by Crippen LogP contribution is -2.26. The lowest BCUT2D eigenvalue weighted by atomic mass is 10.3. The fourth-order valence-corrected chi connectivity index (χ4v) is 4.21. The molecule has 142 valence electrons. The lowest BCUT2D eigenvalue weighted by molar-refractivity contribution is -0.118. The highest BCUT2D eigenvalue weighted by molar-refractivity contribution is 7.99. The predicted octanol–water partition coefficient (Wildman–Crippen LogP) is 3.59. The van der Waals surface area contributed by atoms with Crippen LogP contribution in [0.3, 0.4) is 0 Å². The summed E-state index contributed by atoms with van der Waals surface area (Å²) < 4.78 is 21.2. The van der Waals surface area contributed by atoms with Crippen molar-refractivity contribution < 1.29 is 13.6 Å². The molecule has 0 bridgehead atoms. The monoisotopic (exact) mass is 415 g/mol. The summed E-state index contributed by atoms with van der Waals surface area (Å²) in [5.74, 6) is -0.121. The molecular formula is C19H14FN3O3S2. The first-order chi connectivity index (χ1) is 13.6. The molecule has 3 heterocycles. The van der Waals surface area contributed by atoms with E-state index in [9.17, 15) is 14.0 Å². The molecule has 0 radical (unpaired) electrons.